The van der Waals surface area contributed by atoms with Crippen molar-refractivity contribution in [3.8, 4) is 11.8 Å². The standard InChI is InChI=1S/C7H8ClN3/c1-11-7(9-6-10-11)4-2-3-5-8/h6H,3,5H2,1H3. The number of hydrogen-bond donors (Lipinski definition) is 0. The van der Waals surface area contributed by atoms with Gasteiger partial charge in [0.1, 0.15) is 6.33 Å². The highest BCUT2D eigenvalue weighted by Crippen LogP contribution is 1.87. The van der Waals surface area contributed by atoms with Crippen molar-refractivity contribution < 1.29 is 0 Å². The second-order valence-corrected chi connectivity index (χ2v) is 2.33. The number of nitrogens with zero attached hydrogens (tertiary/aromatic N) is 3. The molecule has 0 aromatic carbocycles. The highest BCUT2D eigenvalue weighted by Gasteiger charge is 1.91. The Hall–Kier alpha value is -1.01. The molecule has 0 aliphatic heterocycles. The molecule has 0 aliphatic rings. The minimum Gasteiger partial charge on any atom is -0.242 e. The molecular formula is C7H8ClN3. The Morgan fingerprint density at radius 3 is 3.09 bits per heavy atom. The summed E-state index contributed by atoms with van der Waals surface area (Å²) in [6.07, 6.45) is 2.17. The fraction of sp³-hybridized carbons (Fsp3) is 0.429. The SMILES string of the molecule is Cn1ncnc1C#CCCCl. The van der Waals surface area contributed by atoms with E-state index < -0.39 is 0 Å². The number of aromatic nitrogens is 3. The predicted octanol–water partition coefficient (Wildman–Crippen LogP) is 0.796. The first kappa shape index (κ1) is 8.09. The summed E-state index contributed by atoms with van der Waals surface area (Å²) in [5.74, 6) is 6.96. The van der Waals surface area contributed by atoms with Crippen LogP contribution in [0, 0.1) is 11.8 Å². The van der Waals surface area contributed by atoms with Crippen LogP contribution >= 0.6 is 11.6 Å². The van der Waals surface area contributed by atoms with E-state index in [1.165, 1.54) is 6.33 Å². The van der Waals surface area contributed by atoms with Gasteiger partial charge in [-0.15, -0.1) is 11.6 Å². The molecule has 1 aromatic rings. The Labute approximate surface area is 70.4 Å². The number of hydrogen-bond acceptors (Lipinski definition) is 2. The van der Waals surface area contributed by atoms with Gasteiger partial charge in [-0.25, -0.2) is 9.67 Å². The Morgan fingerprint density at radius 2 is 2.55 bits per heavy atom. The van der Waals surface area contributed by atoms with Gasteiger partial charge >= 0.3 is 0 Å². The lowest BCUT2D eigenvalue weighted by molar-refractivity contribution is 0.754. The van der Waals surface area contributed by atoms with Crippen LogP contribution in [0.25, 0.3) is 0 Å². The monoisotopic (exact) mass is 169 g/mol. The summed E-state index contributed by atoms with van der Waals surface area (Å²) >= 11 is 5.44. The van der Waals surface area contributed by atoms with Crippen molar-refractivity contribution in [2.24, 2.45) is 7.05 Å². The van der Waals surface area contributed by atoms with E-state index in [0.717, 1.165) is 0 Å². The third kappa shape index (κ3) is 2.24. The molecule has 0 saturated carbocycles. The van der Waals surface area contributed by atoms with Crippen LogP contribution in [0.5, 0.6) is 0 Å². The molecule has 0 spiro atoms. The lowest BCUT2D eigenvalue weighted by Crippen LogP contribution is -1.93. The second kappa shape index (κ2) is 3.99. The van der Waals surface area contributed by atoms with Crippen LogP contribution in [-0.4, -0.2) is 20.6 Å². The maximum atomic E-state index is 5.44. The third-order valence-electron chi connectivity index (χ3n) is 1.13. The van der Waals surface area contributed by atoms with Gasteiger partial charge in [-0.1, -0.05) is 5.92 Å². The Bertz CT molecular complexity index is 281. The van der Waals surface area contributed by atoms with Crippen molar-refractivity contribution >= 4 is 11.6 Å². The second-order valence-electron chi connectivity index (χ2n) is 1.95. The molecule has 4 heteroatoms. The molecule has 3 nitrogen and oxygen atoms in total. The third-order valence-corrected chi connectivity index (χ3v) is 1.32. The molecule has 1 aromatic heterocycles. The summed E-state index contributed by atoms with van der Waals surface area (Å²) < 4.78 is 1.63. The van der Waals surface area contributed by atoms with Gasteiger partial charge in [0.15, 0.2) is 0 Å². The summed E-state index contributed by atoms with van der Waals surface area (Å²) in [5, 5.41) is 3.87. The van der Waals surface area contributed by atoms with E-state index in [1.54, 1.807) is 11.7 Å². The number of alkyl halides is 1. The summed E-state index contributed by atoms with van der Waals surface area (Å²) in [6.45, 7) is 0. The van der Waals surface area contributed by atoms with E-state index in [-0.39, 0.29) is 0 Å². The van der Waals surface area contributed by atoms with Crippen molar-refractivity contribution in [3.63, 3.8) is 0 Å². The fourth-order valence-corrected chi connectivity index (χ4v) is 0.693. The average molecular weight is 170 g/mol. The zero-order chi connectivity index (χ0) is 8.10. The summed E-state index contributed by atoms with van der Waals surface area (Å²) in [4.78, 5) is 3.92. The molecule has 1 heterocycles. The van der Waals surface area contributed by atoms with Crippen LogP contribution < -0.4 is 0 Å². The predicted molar refractivity (Wildman–Crippen MR) is 43.2 cm³/mol. The molecular weight excluding hydrogens is 162 g/mol. The van der Waals surface area contributed by atoms with Crippen molar-refractivity contribution in [2.75, 3.05) is 5.88 Å². The highest BCUT2D eigenvalue weighted by molar-refractivity contribution is 6.18. The largest absolute Gasteiger partial charge is 0.242 e. The van der Waals surface area contributed by atoms with Crippen molar-refractivity contribution in [2.45, 2.75) is 6.42 Å². The van der Waals surface area contributed by atoms with E-state index >= 15 is 0 Å². The molecule has 0 atom stereocenters. The van der Waals surface area contributed by atoms with Gasteiger partial charge in [-0.3, -0.25) is 0 Å². The maximum Gasteiger partial charge on any atom is 0.203 e. The summed E-state index contributed by atoms with van der Waals surface area (Å²) in [5.41, 5.74) is 0. The average Bonchev–Trinajstić information content (AvgIpc) is 2.37. The smallest absolute Gasteiger partial charge is 0.203 e. The number of aryl methyl sites for hydroxylation is 1. The molecule has 1 rings (SSSR count). The Balaban J connectivity index is 2.65. The van der Waals surface area contributed by atoms with Gasteiger partial charge in [0.05, 0.1) is 0 Å². The van der Waals surface area contributed by atoms with Crippen molar-refractivity contribution in [3.05, 3.63) is 12.2 Å². The molecule has 0 N–H and O–H groups in total. The van der Waals surface area contributed by atoms with Gasteiger partial charge < -0.3 is 0 Å². The first-order chi connectivity index (χ1) is 5.34. The van der Waals surface area contributed by atoms with E-state index in [9.17, 15) is 0 Å². The van der Waals surface area contributed by atoms with E-state index in [2.05, 4.69) is 21.9 Å². The van der Waals surface area contributed by atoms with Crippen LogP contribution in [0.2, 0.25) is 0 Å². The van der Waals surface area contributed by atoms with Crippen LogP contribution in [0.15, 0.2) is 6.33 Å². The quantitative estimate of drug-likeness (QED) is 0.460. The highest BCUT2D eigenvalue weighted by atomic mass is 35.5. The molecule has 0 amide bonds. The maximum absolute atomic E-state index is 5.44. The molecule has 11 heavy (non-hydrogen) atoms. The normalized spacial score (nSPS) is 8.91. The van der Waals surface area contributed by atoms with E-state index in [0.29, 0.717) is 18.1 Å². The fourth-order valence-electron chi connectivity index (χ4n) is 0.598. The molecule has 0 aliphatic carbocycles. The van der Waals surface area contributed by atoms with Crippen molar-refractivity contribution in [1.29, 1.82) is 0 Å². The van der Waals surface area contributed by atoms with E-state index in [1.807, 2.05) is 0 Å². The van der Waals surface area contributed by atoms with Crippen LogP contribution in [0.3, 0.4) is 0 Å². The van der Waals surface area contributed by atoms with Crippen LogP contribution in [0.4, 0.5) is 0 Å². The molecule has 58 valence electrons. The molecule has 0 saturated heterocycles. The van der Waals surface area contributed by atoms with Gasteiger partial charge in [-0.2, -0.15) is 5.10 Å². The lowest BCUT2D eigenvalue weighted by atomic mass is 10.4. The zero-order valence-corrected chi connectivity index (χ0v) is 6.97. The lowest BCUT2D eigenvalue weighted by Gasteiger charge is -1.86. The molecule has 0 radical (unpaired) electrons. The first-order valence-corrected chi connectivity index (χ1v) is 3.77. The number of rotatable bonds is 1. The Morgan fingerprint density at radius 1 is 1.73 bits per heavy atom. The minimum absolute atomic E-state index is 0.560. The topological polar surface area (TPSA) is 30.7 Å². The Kier molecular flexibility index (Phi) is 2.94. The van der Waals surface area contributed by atoms with Gasteiger partial charge in [0.25, 0.3) is 0 Å². The number of halogens is 1. The van der Waals surface area contributed by atoms with Crippen LogP contribution in [-0.2, 0) is 7.05 Å². The molecule has 0 unspecified atom stereocenters. The summed E-state index contributed by atoms with van der Waals surface area (Å²) in [6, 6.07) is 0. The first-order valence-electron chi connectivity index (χ1n) is 3.23. The van der Waals surface area contributed by atoms with Gasteiger partial charge in [0.2, 0.25) is 5.82 Å². The van der Waals surface area contributed by atoms with Crippen LogP contribution in [0.1, 0.15) is 12.2 Å². The zero-order valence-electron chi connectivity index (χ0n) is 6.21. The minimum atomic E-state index is 0.560. The summed E-state index contributed by atoms with van der Waals surface area (Å²) in [7, 11) is 1.80. The molecule has 0 bridgehead atoms. The van der Waals surface area contributed by atoms with Gasteiger partial charge in [0, 0.05) is 19.3 Å². The molecule has 0 fully saturated rings. The van der Waals surface area contributed by atoms with Crippen molar-refractivity contribution in [1.82, 2.24) is 14.8 Å². The van der Waals surface area contributed by atoms with E-state index in [4.69, 9.17) is 11.6 Å². The van der Waals surface area contributed by atoms with Gasteiger partial charge in [-0.05, 0) is 5.92 Å².